The molecule has 2 aromatic heterocycles. The first-order valence-electron chi connectivity index (χ1n) is 15.4. The summed E-state index contributed by atoms with van der Waals surface area (Å²) in [4.78, 5) is 31.4. The summed E-state index contributed by atoms with van der Waals surface area (Å²) in [6.07, 6.45) is -0.890. The van der Waals surface area contributed by atoms with Crippen molar-refractivity contribution in [2.24, 2.45) is 0 Å². The van der Waals surface area contributed by atoms with E-state index in [4.69, 9.17) is 14.2 Å². The molecule has 0 saturated carbocycles. The lowest BCUT2D eigenvalue weighted by Gasteiger charge is -2.40. The van der Waals surface area contributed by atoms with Crippen LogP contribution in [0.25, 0.3) is 11.3 Å². The lowest BCUT2D eigenvalue weighted by molar-refractivity contribution is -0.137. The second-order valence-electron chi connectivity index (χ2n) is 12.8. The number of methoxy groups -OCH3 is 1. The van der Waals surface area contributed by atoms with Gasteiger partial charge in [-0.2, -0.15) is 10.2 Å². The number of nitrogens with zero attached hydrogens (tertiary/aromatic N) is 7. The average molecular weight is 651 g/mol. The Balaban J connectivity index is 1.28. The van der Waals surface area contributed by atoms with E-state index in [9.17, 15) is 10.1 Å². The predicted molar refractivity (Wildman–Crippen MR) is 172 cm³/mol. The number of likely N-dealkylation sites (tertiary alicyclic amines) is 1. The normalized spacial score (nSPS) is 19.9. The monoisotopic (exact) mass is 650 g/mol. The number of ether oxygens (including phenoxy) is 3. The molecule has 2 fully saturated rings. The number of nitrogens with one attached hydrogen (secondary N) is 1. The van der Waals surface area contributed by atoms with E-state index in [0.29, 0.717) is 29.0 Å². The van der Waals surface area contributed by atoms with Crippen LogP contribution >= 0.6 is 0 Å². The maximum atomic E-state index is 15.1. The maximum absolute atomic E-state index is 15.1. The fraction of sp³-hybridized carbons (Fsp3) is 0.485. The molecule has 3 aromatic rings. The molecule has 2 aliphatic heterocycles. The number of piperidine rings is 1. The molecule has 1 unspecified atom stereocenters. The highest BCUT2D eigenvalue weighted by atomic mass is 19.3. The van der Waals surface area contributed by atoms with Crippen LogP contribution in [0.5, 0.6) is 11.6 Å². The number of piperazine rings is 1. The zero-order valence-electron chi connectivity index (χ0n) is 27.5. The van der Waals surface area contributed by atoms with Gasteiger partial charge in [0.1, 0.15) is 28.9 Å². The fourth-order valence-electron chi connectivity index (χ4n) is 5.64. The molecule has 1 amide bonds. The Labute approximate surface area is 273 Å². The minimum Gasteiger partial charge on any atom is -0.483 e. The van der Waals surface area contributed by atoms with Gasteiger partial charge < -0.3 is 34.2 Å². The van der Waals surface area contributed by atoms with Gasteiger partial charge in [0, 0.05) is 50.4 Å². The Kier molecular flexibility index (Phi) is 9.67. The molecule has 2 saturated heterocycles. The highest BCUT2D eigenvalue weighted by molar-refractivity contribution is 5.69. The van der Waals surface area contributed by atoms with Crippen LogP contribution in [0.3, 0.4) is 0 Å². The van der Waals surface area contributed by atoms with Gasteiger partial charge >= 0.3 is 12.0 Å². The SMILES string of the molecule is COc1nc(Nc2nccc(-c3ccc(OC4CCN(C(=O)OC(C)(C)C)CC4(F)F)c(C#N)c3)n2)ccc1N1CCN(C)C[C@H]1C. The van der Waals surface area contributed by atoms with Crippen molar-refractivity contribution in [3.63, 3.8) is 0 Å². The van der Waals surface area contributed by atoms with Crippen molar-refractivity contribution in [1.82, 2.24) is 24.8 Å². The number of hydrogen-bond donors (Lipinski definition) is 1. The second-order valence-corrected chi connectivity index (χ2v) is 12.8. The second kappa shape index (κ2) is 13.5. The summed E-state index contributed by atoms with van der Waals surface area (Å²) in [6, 6.07) is 12.5. The topological polar surface area (TPSA) is 129 Å². The van der Waals surface area contributed by atoms with Gasteiger partial charge in [0.05, 0.1) is 24.9 Å². The van der Waals surface area contributed by atoms with Gasteiger partial charge in [-0.25, -0.2) is 23.5 Å². The minimum absolute atomic E-state index is 0.0186. The van der Waals surface area contributed by atoms with Crippen LogP contribution in [-0.2, 0) is 4.74 Å². The first-order chi connectivity index (χ1) is 22.3. The summed E-state index contributed by atoms with van der Waals surface area (Å²) < 4.78 is 46.7. The van der Waals surface area contributed by atoms with E-state index in [2.05, 4.69) is 44.0 Å². The number of alkyl halides is 2. The van der Waals surface area contributed by atoms with Crippen LogP contribution in [0.4, 0.5) is 31.0 Å². The number of carbonyl (C=O) groups is 1. The van der Waals surface area contributed by atoms with E-state index in [-0.39, 0.29) is 30.2 Å². The Hall–Kier alpha value is -4.77. The summed E-state index contributed by atoms with van der Waals surface area (Å²) in [7, 11) is 3.69. The molecule has 14 heteroatoms. The molecule has 2 aliphatic rings. The number of hydrogen-bond acceptors (Lipinski definition) is 11. The molecule has 0 radical (unpaired) electrons. The number of likely N-dealkylation sites (N-methyl/N-ethyl adjacent to an activating group) is 1. The molecule has 0 aliphatic carbocycles. The number of pyridine rings is 1. The van der Waals surface area contributed by atoms with E-state index < -0.39 is 30.3 Å². The van der Waals surface area contributed by atoms with Gasteiger partial charge in [0.2, 0.25) is 11.8 Å². The van der Waals surface area contributed by atoms with Gasteiger partial charge in [0.15, 0.2) is 6.10 Å². The largest absolute Gasteiger partial charge is 0.483 e. The molecule has 0 bridgehead atoms. The lowest BCUT2D eigenvalue weighted by Crippen LogP contribution is -2.56. The van der Waals surface area contributed by atoms with Crippen molar-refractivity contribution >= 4 is 23.5 Å². The number of nitriles is 1. The molecular formula is C33H40F2N8O4. The molecule has 2 atom stereocenters. The summed E-state index contributed by atoms with van der Waals surface area (Å²) in [5.74, 6) is -2.09. The third-order valence-corrected chi connectivity index (χ3v) is 7.92. The highest BCUT2D eigenvalue weighted by Gasteiger charge is 2.48. The lowest BCUT2D eigenvalue weighted by atomic mass is 10.0. The maximum Gasteiger partial charge on any atom is 0.410 e. The number of halogens is 2. The molecule has 1 aromatic carbocycles. The zero-order valence-corrected chi connectivity index (χ0v) is 27.5. The third kappa shape index (κ3) is 7.97. The predicted octanol–water partition coefficient (Wildman–Crippen LogP) is 5.33. The zero-order chi connectivity index (χ0) is 33.9. The summed E-state index contributed by atoms with van der Waals surface area (Å²) in [5, 5.41) is 13.0. The Morgan fingerprint density at radius 1 is 1.13 bits per heavy atom. The van der Waals surface area contributed by atoms with Crippen LogP contribution in [0.15, 0.2) is 42.6 Å². The quantitative estimate of drug-likeness (QED) is 0.357. The van der Waals surface area contributed by atoms with E-state index in [1.807, 2.05) is 18.2 Å². The molecule has 1 N–H and O–H groups in total. The van der Waals surface area contributed by atoms with E-state index >= 15 is 8.78 Å². The van der Waals surface area contributed by atoms with E-state index in [1.54, 1.807) is 46.2 Å². The van der Waals surface area contributed by atoms with Gasteiger partial charge in [0.25, 0.3) is 0 Å². The molecule has 5 rings (SSSR count). The number of rotatable bonds is 7. The number of amides is 1. The smallest absolute Gasteiger partial charge is 0.410 e. The van der Waals surface area contributed by atoms with Crippen LogP contribution in [0, 0.1) is 11.3 Å². The van der Waals surface area contributed by atoms with Gasteiger partial charge in [-0.15, -0.1) is 0 Å². The molecule has 0 spiro atoms. The Morgan fingerprint density at radius 3 is 2.60 bits per heavy atom. The minimum atomic E-state index is -3.36. The van der Waals surface area contributed by atoms with Crippen molar-refractivity contribution in [3.8, 4) is 29.0 Å². The van der Waals surface area contributed by atoms with Crippen LogP contribution in [-0.4, -0.2) is 101 Å². The van der Waals surface area contributed by atoms with Gasteiger partial charge in [-0.05, 0) is 71.1 Å². The van der Waals surface area contributed by atoms with Crippen molar-refractivity contribution in [3.05, 3.63) is 48.2 Å². The first-order valence-corrected chi connectivity index (χ1v) is 15.4. The van der Waals surface area contributed by atoms with E-state index in [0.717, 1.165) is 30.2 Å². The summed E-state index contributed by atoms with van der Waals surface area (Å²) in [6.45, 7) is 9.12. The van der Waals surface area contributed by atoms with Crippen molar-refractivity contribution in [2.45, 2.75) is 57.8 Å². The van der Waals surface area contributed by atoms with Crippen LogP contribution in [0.2, 0.25) is 0 Å². The van der Waals surface area contributed by atoms with Crippen molar-refractivity contribution in [2.75, 3.05) is 57.1 Å². The van der Waals surface area contributed by atoms with Crippen molar-refractivity contribution < 1.29 is 27.8 Å². The van der Waals surface area contributed by atoms with E-state index in [1.165, 1.54) is 12.1 Å². The molecular weight excluding hydrogens is 610 g/mol. The highest BCUT2D eigenvalue weighted by Crippen LogP contribution is 2.35. The standard InChI is InChI=1S/C33H40F2N8O4/c1-21-19-41(5)15-16-43(21)25-8-10-28(39-29(25)45-6)40-30-37-13-11-24(38-30)22-7-9-26(23(17-22)18-36)46-27-12-14-42(20-33(27,34)35)31(44)47-32(2,3)4/h7-11,13,17,21,27H,12,14-16,19-20H2,1-6H3,(H,37,38,39,40)/t21-,27?/m1/s1. The number of benzene rings is 1. The van der Waals surface area contributed by atoms with Crippen LogP contribution in [0.1, 0.15) is 39.7 Å². The number of carbonyl (C=O) groups excluding carboxylic acids is 1. The average Bonchev–Trinajstić information content (AvgIpc) is 3.01. The molecule has 47 heavy (non-hydrogen) atoms. The fourth-order valence-corrected chi connectivity index (χ4v) is 5.64. The number of anilines is 3. The molecule has 12 nitrogen and oxygen atoms in total. The summed E-state index contributed by atoms with van der Waals surface area (Å²) in [5.41, 5.74) is 1.24. The Morgan fingerprint density at radius 2 is 1.91 bits per heavy atom. The van der Waals surface area contributed by atoms with Gasteiger partial charge in [-0.1, -0.05) is 0 Å². The first kappa shape index (κ1) is 33.6. The van der Waals surface area contributed by atoms with Gasteiger partial charge in [-0.3, -0.25) is 0 Å². The number of aromatic nitrogens is 3. The van der Waals surface area contributed by atoms with Crippen molar-refractivity contribution in [1.29, 1.82) is 5.26 Å². The summed E-state index contributed by atoms with van der Waals surface area (Å²) >= 11 is 0. The Bertz CT molecular complexity index is 1640. The molecule has 250 valence electrons. The van der Waals surface area contributed by atoms with Crippen LogP contribution < -0.4 is 19.7 Å². The third-order valence-electron chi connectivity index (χ3n) is 7.92. The molecule has 4 heterocycles.